The number of piperidine rings is 1. The average molecular weight is 300 g/mol. The summed E-state index contributed by atoms with van der Waals surface area (Å²) in [6, 6.07) is 0. The van der Waals surface area contributed by atoms with Gasteiger partial charge in [0.2, 0.25) is 10.0 Å². The van der Waals surface area contributed by atoms with Crippen LogP contribution in [0.4, 0.5) is 0 Å². The lowest BCUT2D eigenvalue weighted by Crippen LogP contribution is -2.44. The third-order valence-corrected chi connectivity index (χ3v) is 7.42. The van der Waals surface area contributed by atoms with Crippen molar-refractivity contribution in [2.24, 2.45) is 28.9 Å². The number of rotatable bonds is 4. The molecule has 1 aliphatic heterocycles. The summed E-state index contributed by atoms with van der Waals surface area (Å²) in [5.74, 6) is 2.23. The molecular weight excluding hydrogens is 272 g/mol. The molecule has 2 saturated carbocycles. The highest BCUT2D eigenvalue weighted by Gasteiger charge is 2.50. The summed E-state index contributed by atoms with van der Waals surface area (Å²) < 4.78 is 25.2. The molecule has 0 radical (unpaired) electrons. The highest BCUT2D eigenvalue weighted by molar-refractivity contribution is 7.88. The largest absolute Gasteiger partial charge is 0.330 e. The van der Waals surface area contributed by atoms with Crippen molar-refractivity contribution in [1.29, 1.82) is 0 Å². The van der Waals surface area contributed by atoms with Crippen LogP contribution >= 0.6 is 0 Å². The van der Waals surface area contributed by atoms with Crippen molar-refractivity contribution >= 4 is 10.0 Å². The Hall–Kier alpha value is -0.130. The van der Waals surface area contributed by atoms with Gasteiger partial charge in [0, 0.05) is 13.1 Å². The van der Waals surface area contributed by atoms with E-state index in [0.29, 0.717) is 17.9 Å². The summed E-state index contributed by atoms with van der Waals surface area (Å²) in [6.07, 6.45) is 10.1. The third-order valence-electron chi connectivity index (χ3n) is 6.15. The molecule has 0 aromatic rings. The summed E-state index contributed by atoms with van der Waals surface area (Å²) >= 11 is 0. The van der Waals surface area contributed by atoms with Gasteiger partial charge < -0.3 is 5.73 Å². The molecule has 4 unspecified atom stereocenters. The molecule has 1 saturated heterocycles. The van der Waals surface area contributed by atoms with Crippen molar-refractivity contribution in [3.8, 4) is 0 Å². The molecule has 0 aromatic heterocycles. The molecule has 3 fully saturated rings. The molecule has 4 nitrogen and oxygen atoms in total. The molecular formula is C15H28N2O2S. The van der Waals surface area contributed by atoms with Crippen LogP contribution in [0.3, 0.4) is 0 Å². The first-order valence-electron chi connectivity index (χ1n) is 8.08. The van der Waals surface area contributed by atoms with Crippen molar-refractivity contribution in [3.63, 3.8) is 0 Å². The van der Waals surface area contributed by atoms with Gasteiger partial charge in [-0.15, -0.1) is 0 Å². The van der Waals surface area contributed by atoms with Gasteiger partial charge in [0.15, 0.2) is 0 Å². The van der Waals surface area contributed by atoms with Gasteiger partial charge in [-0.1, -0.05) is 6.42 Å². The first kappa shape index (κ1) is 14.8. The van der Waals surface area contributed by atoms with Crippen LogP contribution in [0.2, 0.25) is 0 Å². The van der Waals surface area contributed by atoms with Crippen LogP contribution in [0.1, 0.15) is 44.9 Å². The Bertz CT molecular complexity index is 464. The highest BCUT2D eigenvalue weighted by atomic mass is 32.2. The van der Waals surface area contributed by atoms with Gasteiger partial charge in [0.25, 0.3) is 0 Å². The van der Waals surface area contributed by atoms with Gasteiger partial charge in [-0.25, -0.2) is 12.7 Å². The van der Waals surface area contributed by atoms with Crippen LogP contribution < -0.4 is 5.73 Å². The van der Waals surface area contributed by atoms with Crippen molar-refractivity contribution < 1.29 is 8.42 Å². The van der Waals surface area contributed by atoms with Crippen LogP contribution in [0.25, 0.3) is 0 Å². The molecule has 2 bridgehead atoms. The zero-order valence-electron chi connectivity index (χ0n) is 12.6. The predicted octanol–water partition coefficient (Wildman–Crippen LogP) is 1.81. The normalized spacial score (nSPS) is 42.2. The number of nitrogens with zero attached hydrogens (tertiary/aromatic N) is 1. The van der Waals surface area contributed by atoms with E-state index in [9.17, 15) is 8.42 Å². The quantitative estimate of drug-likeness (QED) is 0.861. The summed E-state index contributed by atoms with van der Waals surface area (Å²) in [7, 11) is -3.03. The molecule has 20 heavy (non-hydrogen) atoms. The zero-order valence-corrected chi connectivity index (χ0v) is 13.4. The Morgan fingerprint density at radius 1 is 1.30 bits per heavy atom. The average Bonchev–Trinajstić information content (AvgIpc) is 2.99. The zero-order chi connectivity index (χ0) is 14.4. The monoisotopic (exact) mass is 300 g/mol. The number of hydrogen-bond donors (Lipinski definition) is 1. The second kappa shape index (κ2) is 5.25. The summed E-state index contributed by atoms with van der Waals surface area (Å²) in [5, 5.41) is 0. The summed E-state index contributed by atoms with van der Waals surface area (Å²) in [6.45, 7) is 2.22. The maximum absolute atomic E-state index is 11.7. The number of nitrogens with two attached hydrogens (primary N) is 1. The smallest absolute Gasteiger partial charge is 0.211 e. The SMILES string of the molecule is CS(=O)(=O)N1CCCC(CC2(CN)CC3CCC2C3)C1. The van der Waals surface area contributed by atoms with Gasteiger partial charge >= 0.3 is 0 Å². The second-order valence-corrected chi connectivity index (χ2v) is 9.46. The molecule has 0 spiro atoms. The fraction of sp³-hybridized carbons (Fsp3) is 1.00. The maximum Gasteiger partial charge on any atom is 0.211 e. The highest BCUT2D eigenvalue weighted by Crippen LogP contribution is 2.58. The topological polar surface area (TPSA) is 63.4 Å². The lowest BCUT2D eigenvalue weighted by Gasteiger charge is -2.42. The van der Waals surface area contributed by atoms with E-state index >= 15 is 0 Å². The fourth-order valence-corrected chi connectivity index (χ4v) is 6.15. The number of hydrogen-bond acceptors (Lipinski definition) is 3. The van der Waals surface area contributed by atoms with Gasteiger partial charge in [-0.2, -0.15) is 0 Å². The predicted molar refractivity (Wildman–Crippen MR) is 80.7 cm³/mol. The Balaban J connectivity index is 1.68. The second-order valence-electron chi connectivity index (χ2n) is 7.48. The van der Waals surface area contributed by atoms with E-state index in [1.54, 1.807) is 4.31 Å². The van der Waals surface area contributed by atoms with Crippen molar-refractivity contribution in [1.82, 2.24) is 4.31 Å². The summed E-state index contributed by atoms with van der Waals surface area (Å²) in [4.78, 5) is 0. The molecule has 4 atom stereocenters. The van der Waals surface area contributed by atoms with E-state index < -0.39 is 10.0 Å². The Labute approximate surface area is 123 Å². The molecule has 3 rings (SSSR count). The first-order chi connectivity index (χ1) is 9.43. The first-order valence-corrected chi connectivity index (χ1v) is 9.93. The van der Waals surface area contributed by atoms with E-state index in [-0.39, 0.29) is 0 Å². The fourth-order valence-electron chi connectivity index (χ4n) is 5.21. The lowest BCUT2D eigenvalue weighted by atomic mass is 9.67. The molecule has 3 aliphatic rings. The van der Waals surface area contributed by atoms with E-state index in [1.807, 2.05) is 0 Å². The minimum atomic E-state index is -3.03. The van der Waals surface area contributed by atoms with Gasteiger partial charge in [-0.3, -0.25) is 0 Å². The van der Waals surface area contributed by atoms with E-state index in [4.69, 9.17) is 5.73 Å². The third kappa shape index (κ3) is 2.64. The molecule has 2 aliphatic carbocycles. The number of sulfonamides is 1. The Morgan fingerprint density at radius 2 is 2.10 bits per heavy atom. The molecule has 0 aromatic carbocycles. The van der Waals surface area contributed by atoms with Gasteiger partial charge in [-0.05, 0) is 68.2 Å². The van der Waals surface area contributed by atoms with Crippen LogP contribution in [-0.2, 0) is 10.0 Å². The van der Waals surface area contributed by atoms with Crippen LogP contribution in [0, 0.1) is 23.2 Å². The maximum atomic E-state index is 11.7. The lowest BCUT2D eigenvalue weighted by molar-refractivity contribution is 0.105. The van der Waals surface area contributed by atoms with Gasteiger partial charge in [0.1, 0.15) is 0 Å². The molecule has 116 valence electrons. The molecule has 5 heteroatoms. The molecule has 1 heterocycles. The van der Waals surface area contributed by atoms with Crippen LogP contribution in [-0.4, -0.2) is 38.6 Å². The van der Waals surface area contributed by atoms with E-state index in [1.165, 1.54) is 38.4 Å². The summed E-state index contributed by atoms with van der Waals surface area (Å²) in [5.41, 5.74) is 6.49. The Morgan fingerprint density at radius 3 is 2.65 bits per heavy atom. The van der Waals surface area contributed by atoms with Crippen LogP contribution in [0.15, 0.2) is 0 Å². The van der Waals surface area contributed by atoms with Crippen LogP contribution in [0.5, 0.6) is 0 Å². The molecule has 0 amide bonds. The van der Waals surface area contributed by atoms with E-state index in [2.05, 4.69) is 0 Å². The minimum Gasteiger partial charge on any atom is -0.330 e. The number of fused-ring (bicyclic) bond motifs is 2. The van der Waals surface area contributed by atoms with Crippen molar-refractivity contribution in [3.05, 3.63) is 0 Å². The van der Waals surface area contributed by atoms with Gasteiger partial charge in [0.05, 0.1) is 6.26 Å². The molecule has 2 N–H and O–H groups in total. The van der Waals surface area contributed by atoms with E-state index in [0.717, 1.165) is 37.8 Å². The van der Waals surface area contributed by atoms with Crippen molar-refractivity contribution in [2.45, 2.75) is 44.9 Å². The Kier molecular flexibility index (Phi) is 3.89. The standard InChI is InChI=1S/C15H28N2O2S/c1-20(18,19)17-6-2-3-13(10-17)9-15(11-16)8-12-4-5-14(15)7-12/h12-14H,2-11,16H2,1H3. The van der Waals surface area contributed by atoms with Crippen molar-refractivity contribution in [2.75, 3.05) is 25.9 Å². The minimum absolute atomic E-state index is 0.327.